The Hall–Kier alpha value is -1.31. The van der Waals surface area contributed by atoms with Gasteiger partial charge in [0.25, 0.3) is 0 Å². The first kappa shape index (κ1) is 15.6. The van der Waals surface area contributed by atoms with Gasteiger partial charge in [-0.15, -0.1) is 11.3 Å². The quantitative estimate of drug-likeness (QED) is 0.929. The Morgan fingerprint density at radius 1 is 1.27 bits per heavy atom. The molecule has 1 aromatic heterocycles. The van der Waals surface area contributed by atoms with Crippen molar-refractivity contribution in [2.45, 2.75) is 43.0 Å². The second-order valence-electron chi connectivity index (χ2n) is 5.70. The van der Waals surface area contributed by atoms with Crippen LogP contribution < -0.4 is 4.72 Å². The summed E-state index contributed by atoms with van der Waals surface area (Å²) in [4.78, 5) is 4.27. The van der Waals surface area contributed by atoms with Crippen LogP contribution in [0.4, 0.5) is 4.39 Å². The van der Waals surface area contributed by atoms with Crippen LogP contribution in [0.3, 0.4) is 0 Å². The van der Waals surface area contributed by atoms with Gasteiger partial charge in [0, 0.05) is 11.6 Å². The second kappa shape index (κ2) is 5.72. The normalized spacial score (nSPS) is 17.7. The van der Waals surface area contributed by atoms with Gasteiger partial charge >= 0.3 is 0 Å². The first-order valence-electron chi connectivity index (χ1n) is 7.12. The van der Waals surface area contributed by atoms with Crippen molar-refractivity contribution < 1.29 is 12.8 Å². The maximum absolute atomic E-state index is 13.5. The third-order valence-electron chi connectivity index (χ3n) is 3.95. The second-order valence-corrected chi connectivity index (χ2v) is 8.27. The summed E-state index contributed by atoms with van der Waals surface area (Å²) in [5.74, 6) is -0.546. The zero-order valence-corrected chi connectivity index (χ0v) is 13.8. The van der Waals surface area contributed by atoms with E-state index < -0.39 is 21.4 Å². The van der Waals surface area contributed by atoms with E-state index in [0.29, 0.717) is 18.4 Å². The summed E-state index contributed by atoms with van der Waals surface area (Å²) in [7, 11) is -3.80. The standard InChI is InChI=1S/C15H17FN2O2S2/c1-11-8-12(16)10-13(9-11)22(19,20)18-15(4-2-3-5-15)14-17-6-7-21-14/h6-10,18H,2-5H2,1H3. The number of nitrogens with one attached hydrogen (secondary N) is 1. The van der Waals surface area contributed by atoms with Gasteiger partial charge in [0.15, 0.2) is 0 Å². The summed E-state index contributed by atoms with van der Waals surface area (Å²) in [6.45, 7) is 1.67. The largest absolute Gasteiger partial charge is 0.248 e. The van der Waals surface area contributed by atoms with Crippen molar-refractivity contribution in [3.8, 4) is 0 Å². The molecule has 4 nitrogen and oxygen atoms in total. The molecule has 1 N–H and O–H groups in total. The Morgan fingerprint density at radius 2 is 2.00 bits per heavy atom. The van der Waals surface area contributed by atoms with Gasteiger partial charge in [0.1, 0.15) is 10.8 Å². The molecule has 0 spiro atoms. The number of hydrogen-bond acceptors (Lipinski definition) is 4. The van der Waals surface area contributed by atoms with Crippen LogP contribution >= 0.6 is 11.3 Å². The van der Waals surface area contributed by atoms with E-state index in [1.165, 1.54) is 23.5 Å². The molecule has 1 aliphatic carbocycles. The lowest BCUT2D eigenvalue weighted by molar-refractivity contribution is 0.402. The summed E-state index contributed by atoms with van der Waals surface area (Å²) < 4.78 is 41.7. The average Bonchev–Trinajstić information content (AvgIpc) is 3.08. The van der Waals surface area contributed by atoms with Gasteiger partial charge < -0.3 is 0 Å². The van der Waals surface area contributed by atoms with Crippen molar-refractivity contribution in [2.75, 3.05) is 0 Å². The van der Waals surface area contributed by atoms with Crippen LogP contribution in [0, 0.1) is 12.7 Å². The van der Waals surface area contributed by atoms with Gasteiger partial charge in [0.2, 0.25) is 10.0 Å². The molecule has 0 amide bonds. The van der Waals surface area contributed by atoms with Crippen LogP contribution in [-0.4, -0.2) is 13.4 Å². The van der Waals surface area contributed by atoms with E-state index in [-0.39, 0.29) is 4.90 Å². The summed E-state index contributed by atoms with van der Waals surface area (Å²) >= 11 is 1.45. The van der Waals surface area contributed by atoms with E-state index >= 15 is 0 Å². The first-order chi connectivity index (χ1) is 10.4. The Morgan fingerprint density at radius 3 is 2.59 bits per heavy atom. The Labute approximate surface area is 133 Å². The van der Waals surface area contributed by atoms with Gasteiger partial charge in [-0.25, -0.2) is 17.8 Å². The summed E-state index contributed by atoms with van der Waals surface area (Å²) in [5, 5.41) is 2.62. The highest BCUT2D eigenvalue weighted by Gasteiger charge is 2.41. The van der Waals surface area contributed by atoms with Crippen molar-refractivity contribution in [2.24, 2.45) is 0 Å². The van der Waals surface area contributed by atoms with E-state index in [1.54, 1.807) is 13.1 Å². The number of sulfonamides is 1. The molecule has 0 bridgehead atoms. The van der Waals surface area contributed by atoms with E-state index in [1.807, 2.05) is 5.38 Å². The SMILES string of the molecule is Cc1cc(F)cc(S(=O)(=O)NC2(c3nccs3)CCCC2)c1. The minimum absolute atomic E-state index is 0.0344. The van der Waals surface area contributed by atoms with Crippen LogP contribution in [0.5, 0.6) is 0 Å². The van der Waals surface area contributed by atoms with E-state index in [2.05, 4.69) is 9.71 Å². The molecule has 3 rings (SSSR count). The van der Waals surface area contributed by atoms with Gasteiger partial charge in [-0.3, -0.25) is 0 Å². The maximum atomic E-state index is 13.5. The molecule has 0 radical (unpaired) electrons. The molecular weight excluding hydrogens is 323 g/mol. The number of benzene rings is 1. The summed E-state index contributed by atoms with van der Waals surface area (Å²) in [6.07, 6.45) is 5.01. The van der Waals surface area contributed by atoms with Crippen molar-refractivity contribution in [1.29, 1.82) is 0 Å². The fourth-order valence-electron chi connectivity index (χ4n) is 2.97. The Balaban J connectivity index is 1.99. The van der Waals surface area contributed by atoms with Crippen LogP contribution in [-0.2, 0) is 15.6 Å². The molecular formula is C15H17FN2O2S2. The van der Waals surface area contributed by atoms with Crippen molar-refractivity contribution in [3.63, 3.8) is 0 Å². The number of aryl methyl sites for hydroxylation is 1. The molecule has 118 valence electrons. The zero-order chi connectivity index (χ0) is 15.8. The van der Waals surface area contributed by atoms with Crippen LogP contribution in [0.15, 0.2) is 34.7 Å². The molecule has 1 fully saturated rings. The molecule has 2 aromatic rings. The first-order valence-corrected chi connectivity index (χ1v) is 9.49. The smallest absolute Gasteiger partial charge is 0.241 e. The molecule has 0 aliphatic heterocycles. The Bertz CT molecular complexity index is 747. The fourth-order valence-corrected chi connectivity index (χ4v) is 5.43. The number of thiazole rings is 1. The predicted octanol–water partition coefficient (Wildman–Crippen LogP) is 3.34. The number of rotatable bonds is 4. The number of aromatic nitrogens is 1. The molecule has 22 heavy (non-hydrogen) atoms. The lowest BCUT2D eigenvalue weighted by atomic mass is 10.0. The number of nitrogens with zero attached hydrogens (tertiary/aromatic N) is 1. The highest BCUT2D eigenvalue weighted by Crippen LogP contribution is 2.40. The number of hydrogen-bond donors (Lipinski definition) is 1. The van der Waals surface area contributed by atoms with Gasteiger partial charge in [-0.1, -0.05) is 12.8 Å². The lowest BCUT2D eigenvalue weighted by Gasteiger charge is -2.27. The van der Waals surface area contributed by atoms with Crippen LogP contribution in [0.1, 0.15) is 36.3 Å². The van der Waals surface area contributed by atoms with Crippen molar-refractivity contribution in [1.82, 2.24) is 9.71 Å². The third-order valence-corrected chi connectivity index (χ3v) is 6.45. The van der Waals surface area contributed by atoms with Crippen LogP contribution in [0.25, 0.3) is 0 Å². The van der Waals surface area contributed by atoms with E-state index in [4.69, 9.17) is 0 Å². The summed E-state index contributed by atoms with van der Waals surface area (Å²) in [5.41, 5.74) is -0.0807. The van der Waals surface area contributed by atoms with E-state index in [0.717, 1.165) is 23.9 Å². The summed E-state index contributed by atoms with van der Waals surface area (Å²) in [6, 6.07) is 3.85. The minimum Gasteiger partial charge on any atom is -0.248 e. The highest BCUT2D eigenvalue weighted by molar-refractivity contribution is 7.89. The molecule has 1 heterocycles. The van der Waals surface area contributed by atoms with E-state index in [9.17, 15) is 12.8 Å². The monoisotopic (exact) mass is 340 g/mol. The average molecular weight is 340 g/mol. The zero-order valence-electron chi connectivity index (χ0n) is 12.2. The number of halogens is 1. The van der Waals surface area contributed by atoms with Gasteiger partial charge in [-0.2, -0.15) is 4.72 Å². The third kappa shape index (κ3) is 2.93. The fraction of sp³-hybridized carbons (Fsp3) is 0.400. The molecule has 0 saturated heterocycles. The highest BCUT2D eigenvalue weighted by atomic mass is 32.2. The predicted molar refractivity (Wildman–Crippen MR) is 83.7 cm³/mol. The lowest BCUT2D eigenvalue weighted by Crippen LogP contribution is -2.43. The molecule has 7 heteroatoms. The maximum Gasteiger partial charge on any atom is 0.241 e. The molecule has 1 aromatic carbocycles. The minimum atomic E-state index is -3.80. The van der Waals surface area contributed by atoms with Crippen molar-refractivity contribution >= 4 is 21.4 Å². The molecule has 1 aliphatic rings. The molecule has 0 atom stereocenters. The van der Waals surface area contributed by atoms with Gasteiger partial charge in [0.05, 0.1) is 10.4 Å². The molecule has 1 saturated carbocycles. The molecule has 0 unspecified atom stereocenters. The topological polar surface area (TPSA) is 59.1 Å². The Kier molecular flexibility index (Phi) is 4.05. The van der Waals surface area contributed by atoms with Crippen molar-refractivity contribution in [3.05, 3.63) is 46.2 Å². The van der Waals surface area contributed by atoms with Crippen LogP contribution in [0.2, 0.25) is 0 Å². The van der Waals surface area contributed by atoms with Gasteiger partial charge in [-0.05, 0) is 43.5 Å².